The summed E-state index contributed by atoms with van der Waals surface area (Å²) < 4.78 is 7.80. The standard InChI is InChI=1S/C18H20N4O2S2/c1-2-24-14-7-5-13(6-8-14)17-20-21-18(25)22(17)10-9-16(23)19-12-15-4-3-11-26-15/h3-8,11H,2,9-10,12H2,1H3,(H,19,23)(H,21,25). The van der Waals surface area contributed by atoms with Crippen molar-refractivity contribution in [3.05, 3.63) is 51.4 Å². The summed E-state index contributed by atoms with van der Waals surface area (Å²) >= 11 is 6.94. The third-order valence-electron chi connectivity index (χ3n) is 3.78. The molecule has 0 atom stereocenters. The van der Waals surface area contributed by atoms with Gasteiger partial charge in [-0.25, -0.2) is 0 Å². The number of hydrogen-bond donors (Lipinski definition) is 2. The second-order valence-corrected chi connectivity index (χ2v) is 6.99. The average molecular weight is 389 g/mol. The van der Waals surface area contributed by atoms with Crippen LogP contribution in [0.4, 0.5) is 0 Å². The van der Waals surface area contributed by atoms with E-state index in [0.29, 0.717) is 36.7 Å². The van der Waals surface area contributed by atoms with E-state index in [1.165, 1.54) is 0 Å². The summed E-state index contributed by atoms with van der Waals surface area (Å²) in [6.07, 6.45) is 0.337. The van der Waals surface area contributed by atoms with Gasteiger partial charge in [-0.2, -0.15) is 5.10 Å². The molecule has 0 radical (unpaired) electrons. The number of carbonyl (C=O) groups excluding carboxylic acids is 1. The molecule has 3 aromatic rings. The fraction of sp³-hybridized carbons (Fsp3) is 0.278. The maximum absolute atomic E-state index is 12.1. The van der Waals surface area contributed by atoms with Gasteiger partial charge in [0, 0.05) is 23.4 Å². The molecular weight excluding hydrogens is 368 g/mol. The summed E-state index contributed by atoms with van der Waals surface area (Å²) in [4.78, 5) is 13.2. The molecule has 0 aliphatic rings. The van der Waals surface area contributed by atoms with Gasteiger partial charge in [0.1, 0.15) is 5.75 Å². The van der Waals surface area contributed by atoms with Gasteiger partial charge in [0.05, 0.1) is 13.2 Å². The van der Waals surface area contributed by atoms with Gasteiger partial charge in [0.25, 0.3) is 0 Å². The van der Waals surface area contributed by atoms with Crippen LogP contribution in [-0.4, -0.2) is 27.3 Å². The van der Waals surface area contributed by atoms with Gasteiger partial charge >= 0.3 is 0 Å². The van der Waals surface area contributed by atoms with Crippen molar-refractivity contribution in [2.24, 2.45) is 0 Å². The third-order valence-corrected chi connectivity index (χ3v) is 4.97. The first-order valence-corrected chi connectivity index (χ1v) is 9.63. The van der Waals surface area contributed by atoms with E-state index in [-0.39, 0.29) is 5.91 Å². The molecule has 0 fully saturated rings. The highest BCUT2D eigenvalue weighted by Crippen LogP contribution is 2.21. The van der Waals surface area contributed by atoms with Crippen LogP contribution in [0.3, 0.4) is 0 Å². The molecule has 2 heterocycles. The largest absolute Gasteiger partial charge is 0.494 e. The number of benzene rings is 1. The van der Waals surface area contributed by atoms with Crippen molar-refractivity contribution in [3.63, 3.8) is 0 Å². The second kappa shape index (κ2) is 8.77. The highest BCUT2D eigenvalue weighted by Gasteiger charge is 2.11. The zero-order chi connectivity index (χ0) is 18.4. The molecule has 0 unspecified atom stereocenters. The van der Waals surface area contributed by atoms with Crippen molar-refractivity contribution in [1.29, 1.82) is 0 Å². The van der Waals surface area contributed by atoms with Gasteiger partial charge in [-0.1, -0.05) is 6.07 Å². The number of nitrogens with one attached hydrogen (secondary N) is 2. The molecule has 0 aliphatic heterocycles. The Morgan fingerprint density at radius 2 is 2.15 bits per heavy atom. The van der Waals surface area contributed by atoms with E-state index in [2.05, 4.69) is 15.5 Å². The summed E-state index contributed by atoms with van der Waals surface area (Å²) in [5, 5.41) is 12.0. The van der Waals surface area contributed by atoms with Gasteiger partial charge in [-0.05, 0) is 54.9 Å². The normalized spacial score (nSPS) is 10.7. The number of hydrogen-bond acceptors (Lipinski definition) is 5. The Kier molecular flexibility index (Phi) is 6.19. The van der Waals surface area contributed by atoms with Gasteiger partial charge in [0.2, 0.25) is 5.91 Å². The first kappa shape index (κ1) is 18.3. The Labute approximate surface area is 160 Å². The Morgan fingerprint density at radius 1 is 1.35 bits per heavy atom. The number of H-pyrrole nitrogens is 1. The van der Waals surface area contributed by atoms with Gasteiger partial charge < -0.3 is 10.1 Å². The Hall–Kier alpha value is -2.45. The number of rotatable bonds is 8. The minimum Gasteiger partial charge on any atom is -0.494 e. The Bertz CT molecular complexity index is 898. The number of aromatic amines is 1. The summed E-state index contributed by atoms with van der Waals surface area (Å²) in [7, 11) is 0. The molecule has 0 aliphatic carbocycles. The van der Waals surface area contributed by atoms with E-state index in [0.717, 1.165) is 16.2 Å². The molecule has 2 aromatic heterocycles. The molecule has 1 aromatic carbocycles. The number of amides is 1. The van der Waals surface area contributed by atoms with Gasteiger partial charge in [0.15, 0.2) is 10.6 Å². The minimum absolute atomic E-state index is 0.0147. The number of thiophene rings is 1. The predicted octanol–water partition coefficient (Wildman–Crippen LogP) is 3.77. The van der Waals surface area contributed by atoms with Crippen LogP contribution >= 0.6 is 23.6 Å². The molecule has 136 valence electrons. The van der Waals surface area contributed by atoms with Crippen LogP contribution in [0.15, 0.2) is 41.8 Å². The predicted molar refractivity (Wildman–Crippen MR) is 105 cm³/mol. The molecule has 6 nitrogen and oxygen atoms in total. The quantitative estimate of drug-likeness (QED) is 0.576. The van der Waals surface area contributed by atoms with Crippen LogP contribution in [0.1, 0.15) is 18.2 Å². The molecule has 0 spiro atoms. The lowest BCUT2D eigenvalue weighted by Gasteiger charge is -2.08. The lowest BCUT2D eigenvalue weighted by molar-refractivity contribution is -0.121. The summed E-state index contributed by atoms with van der Waals surface area (Å²) in [6, 6.07) is 11.6. The van der Waals surface area contributed by atoms with Crippen LogP contribution in [0.2, 0.25) is 0 Å². The van der Waals surface area contributed by atoms with Gasteiger partial charge in [-0.15, -0.1) is 11.3 Å². The summed E-state index contributed by atoms with van der Waals surface area (Å²) in [5.74, 6) is 1.51. The molecule has 0 bridgehead atoms. The van der Waals surface area contributed by atoms with E-state index in [4.69, 9.17) is 17.0 Å². The smallest absolute Gasteiger partial charge is 0.222 e. The van der Waals surface area contributed by atoms with E-state index in [1.807, 2.05) is 53.3 Å². The van der Waals surface area contributed by atoms with Crippen LogP contribution in [0.5, 0.6) is 5.75 Å². The monoisotopic (exact) mass is 388 g/mol. The van der Waals surface area contributed by atoms with Crippen molar-refractivity contribution in [2.45, 2.75) is 26.4 Å². The summed E-state index contributed by atoms with van der Waals surface area (Å²) in [6.45, 7) is 3.59. The molecule has 1 amide bonds. The fourth-order valence-corrected chi connectivity index (χ4v) is 3.38. The van der Waals surface area contributed by atoms with E-state index >= 15 is 0 Å². The zero-order valence-electron chi connectivity index (χ0n) is 14.4. The highest BCUT2D eigenvalue weighted by molar-refractivity contribution is 7.71. The second-order valence-electron chi connectivity index (χ2n) is 5.57. The van der Waals surface area contributed by atoms with E-state index < -0.39 is 0 Å². The van der Waals surface area contributed by atoms with Crippen molar-refractivity contribution in [2.75, 3.05) is 6.61 Å². The van der Waals surface area contributed by atoms with Crippen LogP contribution in [0.25, 0.3) is 11.4 Å². The molecule has 0 saturated carbocycles. The van der Waals surface area contributed by atoms with Crippen molar-refractivity contribution in [1.82, 2.24) is 20.1 Å². The minimum atomic E-state index is -0.0147. The van der Waals surface area contributed by atoms with E-state index in [1.54, 1.807) is 11.3 Å². The fourth-order valence-electron chi connectivity index (χ4n) is 2.51. The first-order chi connectivity index (χ1) is 12.7. The first-order valence-electron chi connectivity index (χ1n) is 8.35. The zero-order valence-corrected chi connectivity index (χ0v) is 16.0. The third kappa shape index (κ3) is 4.59. The Morgan fingerprint density at radius 3 is 2.85 bits per heavy atom. The molecular formula is C18H20N4O2S2. The number of ether oxygens (including phenoxy) is 1. The van der Waals surface area contributed by atoms with Gasteiger partial charge in [-0.3, -0.25) is 14.5 Å². The average Bonchev–Trinajstić information content (AvgIpc) is 3.29. The van der Waals surface area contributed by atoms with Crippen LogP contribution in [-0.2, 0) is 17.9 Å². The van der Waals surface area contributed by atoms with Crippen molar-refractivity contribution >= 4 is 29.5 Å². The van der Waals surface area contributed by atoms with Crippen LogP contribution in [0, 0.1) is 4.77 Å². The lowest BCUT2D eigenvalue weighted by Crippen LogP contribution is -2.23. The maximum Gasteiger partial charge on any atom is 0.222 e. The SMILES string of the molecule is CCOc1ccc(-c2n[nH]c(=S)n2CCC(=O)NCc2cccs2)cc1. The molecule has 3 rings (SSSR count). The molecule has 26 heavy (non-hydrogen) atoms. The summed E-state index contributed by atoms with van der Waals surface area (Å²) in [5.41, 5.74) is 0.916. The topological polar surface area (TPSA) is 71.9 Å². The lowest BCUT2D eigenvalue weighted by atomic mass is 10.2. The number of carbonyl (C=O) groups is 1. The highest BCUT2D eigenvalue weighted by atomic mass is 32.1. The maximum atomic E-state index is 12.1. The van der Waals surface area contributed by atoms with Crippen molar-refractivity contribution in [3.8, 4) is 17.1 Å². The number of nitrogens with zero attached hydrogens (tertiary/aromatic N) is 2. The Balaban J connectivity index is 1.64. The molecule has 0 saturated heterocycles. The van der Waals surface area contributed by atoms with Crippen molar-refractivity contribution < 1.29 is 9.53 Å². The number of aromatic nitrogens is 3. The van der Waals surface area contributed by atoms with Crippen LogP contribution < -0.4 is 10.1 Å². The molecule has 8 heteroatoms. The van der Waals surface area contributed by atoms with E-state index in [9.17, 15) is 4.79 Å². The molecule has 2 N–H and O–H groups in total.